The Morgan fingerprint density at radius 2 is 1.73 bits per heavy atom. The van der Waals surface area contributed by atoms with E-state index in [1.54, 1.807) is 0 Å². The Balaban J connectivity index is 4.52. The summed E-state index contributed by atoms with van der Waals surface area (Å²) in [5.74, 6) is 0.750. The number of hydrogen-bond donors (Lipinski definition) is 0. The summed E-state index contributed by atoms with van der Waals surface area (Å²) >= 11 is 0. The van der Waals surface area contributed by atoms with E-state index in [4.69, 9.17) is 0 Å². The molecule has 1 heteroatoms. The maximum atomic E-state index is 2.36. The van der Waals surface area contributed by atoms with Gasteiger partial charge in [0.05, 0.1) is 0 Å². The molecule has 0 rings (SSSR count). The molecule has 66 valence electrons. The molecule has 0 heterocycles. The minimum Gasteiger partial charge on any atom is -0.103 e. The Morgan fingerprint density at radius 1 is 1.27 bits per heavy atom. The van der Waals surface area contributed by atoms with Gasteiger partial charge in [-0.15, -0.1) is 7.92 Å². The molecule has 0 fully saturated rings. The van der Waals surface area contributed by atoms with Gasteiger partial charge in [-0.25, -0.2) is 0 Å². The molecule has 0 saturated heterocycles. The van der Waals surface area contributed by atoms with E-state index in [-0.39, 0.29) is 7.92 Å². The summed E-state index contributed by atoms with van der Waals surface area (Å²) < 4.78 is 0. The normalized spacial score (nSPS) is 18.2. The molecular weight excluding hydrogens is 151 g/mol. The van der Waals surface area contributed by atoms with Gasteiger partial charge in [0, 0.05) is 5.16 Å². The summed E-state index contributed by atoms with van der Waals surface area (Å²) in [6, 6.07) is 0. The van der Waals surface area contributed by atoms with E-state index in [9.17, 15) is 0 Å². The monoisotopic (exact) mass is 172 g/mol. The Labute approximate surface area is 72.8 Å². The van der Waals surface area contributed by atoms with E-state index < -0.39 is 0 Å². The van der Waals surface area contributed by atoms with Crippen molar-refractivity contribution in [1.29, 1.82) is 0 Å². The molecule has 0 radical (unpaired) electrons. The summed E-state index contributed by atoms with van der Waals surface area (Å²) in [4.78, 5) is 0. The van der Waals surface area contributed by atoms with Crippen LogP contribution in [0.25, 0.3) is 0 Å². The van der Waals surface area contributed by atoms with Gasteiger partial charge in [0.1, 0.15) is 0 Å². The predicted molar refractivity (Wildman–Crippen MR) is 56.8 cm³/mol. The summed E-state index contributed by atoms with van der Waals surface area (Å²) in [7, 11) is 0.122. The molecule has 11 heavy (non-hydrogen) atoms. The molecule has 0 aromatic heterocycles. The van der Waals surface area contributed by atoms with Gasteiger partial charge < -0.3 is 0 Å². The Hall–Kier alpha value is 0.170. The highest BCUT2D eigenvalue weighted by atomic mass is 31.1. The summed E-state index contributed by atoms with van der Waals surface area (Å²) in [6.07, 6.45) is 4.55. The van der Waals surface area contributed by atoms with Crippen LogP contribution in [0.2, 0.25) is 0 Å². The van der Waals surface area contributed by atoms with E-state index in [1.165, 1.54) is 0 Å². The van der Waals surface area contributed by atoms with Crippen molar-refractivity contribution in [3.8, 4) is 0 Å². The Bertz CT molecular complexity index is 126. The van der Waals surface area contributed by atoms with Gasteiger partial charge in [-0.05, 0) is 26.2 Å². The summed E-state index contributed by atoms with van der Waals surface area (Å²) in [5.41, 5.74) is 0. The van der Waals surface area contributed by atoms with Crippen molar-refractivity contribution in [2.75, 3.05) is 13.3 Å². The van der Waals surface area contributed by atoms with Crippen molar-refractivity contribution >= 4 is 7.92 Å². The molecule has 0 amide bonds. The van der Waals surface area contributed by atoms with Crippen molar-refractivity contribution in [1.82, 2.24) is 0 Å². The molecule has 0 aliphatic carbocycles. The molecule has 0 N–H and O–H groups in total. The number of rotatable bonds is 3. The maximum Gasteiger partial charge on any atom is 0.00734 e. The lowest BCUT2D eigenvalue weighted by molar-refractivity contribution is 0.539. The number of hydrogen-bond acceptors (Lipinski definition) is 0. The molecule has 1 atom stereocenters. The first-order chi connectivity index (χ1) is 4.95. The Morgan fingerprint density at radius 3 is 1.82 bits per heavy atom. The average molecular weight is 172 g/mol. The lowest BCUT2D eigenvalue weighted by Gasteiger charge is -2.35. The molecule has 0 aliphatic heterocycles. The zero-order valence-electron chi connectivity index (χ0n) is 8.68. The van der Waals surface area contributed by atoms with E-state index in [2.05, 4.69) is 53.2 Å². The maximum absolute atomic E-state index is 2.36. The highest BCUT2D eigenvalue weighted by molar-refractivity contribution is 7.57. The van der Waals surface area contributed by atoms with Gasteiger partial charge in [-0.1, -0.05) is 32.9 Å². The summed E-state index contributed by atoms with van der Waals surface area (Å²) in [6.45, 7) is 13.8. The first-order valence-corrected chi connectivity index (χ1v) is 6.50. The topological polar surface area (TPSA) is 0 Å². The minimum absolute atomic E-state index is 0.122. The van der Waals surface area contributed by atoms with Crippen LogP contribution < -0.4 is 0 Å². The quantitative estimate of drug-likeness (QED) is 0.449. The van der Waals surface area contributed by atoms with Crippen LogP contribution in [0.3, 0.4) is 0 Å². The van der Waals surface area contributed by atoms with Gasteiger partial charge in [-0.2, -0.15) is 0 Å². The fourth-order valence-electron chi connectivity index (χ4n) is 1.20. The van der Waals surface area contributed by atoms with Crippen molar-refractivity contribution < 1.29 is 0 Å². The van der Waals surface area contributed by atoms with E-state index in [0.717, 1.165) is 5.92 Å². The SMILES string of the molecule is CC=CC(C)(C(C)C)P(C)C. The zero-order chi connectivity index (χ0) is 9.07. The van der Waals surface area contributed by atoms with Crippen LogP contribution in [-0.4, -0.2) is 18.5 Å². The first-order valence-electron chi connectivity index (χ1n) is 4.26. The van der Waals surface area contributed by atoms with Crippen LogP contribution in [0.5, 0.6) is 0 Å². The fourth-order valence-corrected chi connectivity index (χ4v) is 2.68. The third kappa shape index (κ3) is 2.60. The predicted octanol–water partition coefficient (Wildman–Crippen LogP) is 3.72. The lowest BCUT2D eigenvalue weighted by Crippen LogP contribution is -2.25. The van der Waals surface area contributed by atoms with Crippen molar-refractivity contribution in [2.24, 2.45) is 5.92 Å². The third-order valence-electron chi connectivity index (χ3n) is 2.64. The Kier molecular flexibility index (Phi) is 4.32. The first kappa shape index (κ1) is 11.2. The van der Waals surface area contributed by atoms with Gasteiger partial charge in [0.15, 0.2) is 0 Å². The lowest BCUT2D eigenvalue weighted by atomic mass is 9.96. The second-order valence-corrected chi connectivity index (χ2v) is 6.53. The molecular formula is C10H21P. The van der Waals surface area contributed by atoms with Crippen LogP contribution in [0.1, 0.15) is 27.7 Å². The fraction of sp³-hybridized carbons (Fsp3) is 0.800. The highest BCUT2D eigenvalue weighted by Crippen LogP contribution is 2.48. The number of allylic oxidation sites excluding steroid dienone is 2. The third-order valence-corrected chi connectivity index (χ3v) is 5.23. The van der Waals surface area contributed by atoms with Gasteiger partial charge >= 0.3 is 0 Å². The molecule has 0 aliphatic rings. The largest absolute Gasteiger partial charge is 0.103 e. The molecule has 0 bridgehead atoms. The van der Waals surface area contributed by atoms with Crippen molar-refractivity contribution in [3.63, 3.8) is 0 Å². The van der Waals surface area contributed by atoms with Crippen LogP contribution in [0.4, 0.5) is 0 Å². The molecule has 0 spiro atoms. The van der Waals surface area contributed by atoms with E-state index >= 15 is 0 Å². The molecule has 0 aromatic rings. The highest BCUT2D eigenvalue weighted by Gasteiger charge is 2.28. The van der Waals surface area contributed by atoms with E-state index in [0.29, 0.717) is 5.16 Å². The second kappa shape index (κ2) is 4.26. The second-order valence-electron chi connectivity index (χ2n) is 3.77. The zero-order valence-corrected chi connectivity index (χ0v) is 9.57. The van der Waals surface area contributed by atoms with Gasteiger partial charge in [-0.3, -0.25) is 0 Å². The van der Waals surface area contributed by atoms with Crippen molar-refractivity contribution in [3.05, 3.63) is 12.2 Å². The van der Waals surface area contributed by atoms with Crippen LogP contribution in [0, 0.1) is 5.92 Å². The molecule has 0 nitrogen and oxygen atoms in total. The average Bonchev–Trinajstić information content (AvgIpc) is 1.87. The molecule has 1 unspecified atom stereocenters. The van der Waals surface area contributed by atoms with Crippen LogP contribution in [0.15, 0.2) is 12.2 Å². The molecule has 0 aromatic carbocycles. The van der Waals surface area contributed by atoms with Gasteiger partial charge in [0.25, 0.3) is 0 Å². The standard InChI is InChI=1S/C10H21P/c1-7-8-10(4,9(2)3)11(5)6/h7-9H,1-6H3. The van der Waals surface area contributed by atoms with E-state index in [1.807, 2.05) is 0 Å². The molecule has 0 saturated carbocycles. The minimum atomic E-state index is 0.122. The van der Waals surface area contributed by atoms with Crippen LogP contribution >= 0.6 is 7.92 Å². The smallest absolute Gasteiger partial charge is 0.00734 e. The van der Waals surface area contributed by atoms with Gasteiger partial charge in [0.2, 0.25) is 0 Å². The van der Waals surface area contributed by atoms with Crippen LogP contribution in [-0.2, 0) is 0 Å². The van der Waals surface area contributed by atoms with Crippen molar-refractivity contribution in [2.45, 2.75) is 32.9 Å². The summed E-state index contributed by atoms with van der Waals surface area (Å²) in [5, 5.41) is 0.435.